The quantitative estimate of drug-likeness (QED) is 0.680. The van der Waals surface area contributed by atoms with Crippen molar-refractivity contribution in [3.63, 3.8) is 0 Å². The van der Waals surface area contributed by atoms with Gasteiger partial charge in [-0.25, -0.2) is 8.42 Å². The topological polar surface area (TPSA) is 84.5 Å². The van der Waals surface area contributed by atoms with Crippen molar-refractivity contribution in [2.75, 3.05) is 11.8 Å². The molecular formula is C17H18BrClN2O4S. The van der Waals surface area contributed by atoms with Crippen LogP contribution in [0.2, 0.25) is 5.02 Å². The van der Waals surface area contributed by atoms with Gasteiger partial charge >= 0.3 is 0 Å². The van der Waals surface area contributed by atoms with E-state index >= 15 is 0 Å². The zero-order valence-corrected chi connectivity index (χ0v) is 17.5. The zero-order valence-electron chi connectivity index (χ0n) is 14.3. The highest BCUT2D eigenvalue weighted by Gasteiger charge is 2.22. The minimum absolute atomic E-state index is 0.0516. The number of carbonyl (C=O) groups excluding carboxylic acids is 1. The van der Waals surface area contributed by atoms with E-state index in [0.717, 1.165) is 0 Å². The third-order valence-corrected chi connectivity index (χ3v) is 5.52. The number of nitrogens with one attached hydrogen (secondary N) is 2. The van der Waals surface area contributed by atoms with Crippen LogP contribution in [0.15, 0.2) is 45.8 Å². The fourth-order valence-corrected chi connectivity index (χ4v) is 4.15. The van der Waals surface area contributed by atoms with Gasteiger partial charge < -0.3 is 10.1 Å². The van der Waals surface area contributed by atoms with Gasteiger partial charge in [-0.3, -0.25) is 9.52 Å². The first-order valence-electron chi connectivity index (χ1n) is 7.61. The second kappa shape index (κ2) is 8.28. The van der Waals surface area contributed by atoms with E-state index in [0.29, 0.717) is 10.0 Å². The maximum Gasteiger partial charge on any atom is 0.265 e. The number of carbonyl (C=O) groups is 1. The van der Waals surface area contributed by atoms with Gasteiger partial charge in [-0.05, 0) is 50.2 Å². The molecule has 140 valence electrons. The number of amides is 1. The first-order chi connectivity index (χ1) is 12.1. The van der Waals surface area contributed by atoms with Gasteiger partial charge in [-0.2, -0.15) is 0 Å². The molecule has 26 heavy (non-hydrogen) atoms. The molecule has 2 aromatic carbocycles. The molecular weight excluding hydrogens is 444 g/mol. The summed E-state index contributed by atoms with van der Waals surface area (Å²) in [4.78, 5) is 12.1. The van der Waals surface area contributed by atoms with Crippen LogP contribution < -0.4 is 14.8 Å². The lowest BCUT2D eigenvalue weighted by Gasteiger charge is -2.14. The Kier molecular flexibility index (Phi) is 6.54. The average Bonchev–Trinajstić information content (AvgIpc) is 2.56. The van der Waals surface area contributed by atoms with Crippen molar-refractivity contribution in [1.82, 2.24) is 5.32 Å². The second-order valence-electron chi connectivity index (χ2n) is 5.72. The van der Waals surface area contributed by atoms with Crippen molar-refractivity contribution >= 4 is 49.1 Å². The van der Waals surface area contributed by atoms with Crippen molar-refractivity contribution in [2.45, 2.75) is 24.8 Å². The lowest BCUT2D eigenvalue weighted by molar-refractivity contribution is 0.0943. The predicted molar refractivity (Wildman–Crippen MR) is 106 cm³/mol. The number of sulfonamides is 1. The predicted octanol–water partition coefficient (Wildman–Crippen LogP) is 4.05. The molecule has 0 spiro atoms. The van der Waals surface area contributed by atoms with Gasteiger partial charge in [0, 0.05) is 16.1 Å². The fraction of sp³-hybridized carbons (Fsp3) is 0.235. The molecule has 0 unspecified atom stereocenters. The highest BCUT2D eigenvalue weighted by atomic mass is 79.9. The smallest absolute Gasteiger partial charge is 0.265 e. The number of methoxy groups -OCH3 is 1. The summed E-state index contributed by atoms with van der Waals surface area (Å²) in [5.74, 6) is -0.136. The molecule has 0 aromatic heterocycles. The van der Waals surface area contributed by atoms with E-state index in [1.54, 1.807) is 6.07 Å². The van der Waals surface area contributed by atoms with Crippen molar-refractivity contribution in [3.8, 4) is 5.75 Å². The van der Waals surface area contributed by atoms with E-state index < -0.39 is 10.0 Å². The Labute approximate surface area is 166 Å². The van der Waals surface area contributed by atoms with Gasteiger partial charge in [-0.15, -0.1) is 0 Å². The Morgan fingerprint density at radius 1 is 1.19 bits per heavy atom. The Hall–Kier alpha value is -1.77. The molecule has 2 rings (SSSR count). The van der Waals surface area contributed by atoms with E-state index in [2.05, 4.69) is 26.0 Å². The van der Waals surface area contributed by atoms with Crippen LogP contribution >= 0.6 is 27.5 Å². The van der Waals surface area contributed by atoms with Gasteiger partial charge in [-0.1, -0.05) is 27.5 Å². The molecule has 9 heteroatoms. The summed E-state index contributed by atoms with van der Waals surface area (Å²) in [6, 6.07) is 8.95. The average molecular weight is 462 g/mol. The fourth-order valence-electron chi connectivity index (χ4n) is 2.15. The molecule has 0 fully saturated rings. The minimum atomic E-state index is -3.99. The molecule has 0 aliphatic rings. The van der Waals surface area contributed by atoms with Gasteiger partial charge in [0.05, 0.1) is 17.8 Å². The zero-order chi connectivity index (χ0) is 19.5. The molecule has 0 atom stereocenters. The summed E-state index contributed by atoms with van der Waals surface area (Å²) in [5.41, 5.74) is 0.395. The van der Waals surface area contributed by atoms with Crippen LogP contribution in [0, 0.1) is 0 Å². The summed E-state index contributed by atoms with van der Waals surface area (Å²) in [5, 5.41) is 2.91. The van der Waals surface area contributed by atoms with Gasteiger partial charge in [0.2, 0.25) is 0 Å². The number of rotatable bonds is 6. The van der Waals surface area contributed by atoms with Gasteiger partial charge in [0.15, 0.2) is 0 Å². The number of anilines is 1. The van der Waals surface area contributed by atoms with Crippen LogP contribution in [0.1, 0.15) is 24.2 Å². The Balaban J connectivity index is 2.41. The Morgan fingerprint density at radius 3 is 2.50 bits per heavy atom. The molecule has 6 nitrogen and oxygen atoms in total. The van der Waals surface area contributed by atoms with Gasteiger partial charge in [0.25, 0.3) is 15.9 Å². The molecule has 2 N–H and O–H groups in total. The molecule has 0 saturated heterocycles. The highest BCUT2D eigenvalue weighted by Crippen LogP contribution is 2.31. The van der Waals surface area contributed by atoms with E-state index in [1.807, 2.05) is 13.8 Å². The molecule has 0 saturated carbocycles. The summed E-state index contributed by atoms with van der Waals surface area (Å²) in [6.07, 6.45) is 0. The summed E-state index contributed by atoms with van der Waals surface area (Å²) >= 11 is 9.35. The second-order valence-corrected chi connectivity index (χ2v) is 8.70. The minimum Gasteiger partial charge on any atom is -0.495 e. The number of hydrogen-bond acceptors (Lipinski definition) is 4. The Bertz CT molecular complexity index is 932. The lowest BCUT2D eigenvalue weighted by atomic mass is 10.2. The number of halogens is 2. The summed E-state index contributed by atoms with van der Waals surface area (Å²) < 4.78 is 33.7. The van der Waals surface area contributed by atoms with Crippen LogP contribution in [0.5, 0.6) is 5.75 Å². The summed E-state index contributed by atoms with van der Waals surface area (Å²) in [7, 11) is -2.61. The van der Waals surface area contributed by atoms with E-state index in [9.17, 15) is 13.2 Å². The largest absolute Gasteiger partial charge is 0.495 e. The third kappa shape index (κ3) is 4.90. The highest BCUT2D eigenvalue weighted by molar-refractivity contribution is 9.10. The molecule has 0 radical (unpaired) electrons. The van der Waals surface area contributed by atoms with Crippen molar-refractivity contribution in [1.29, 1.82) is 0 Å². The monoisotopic (exact) mass is 460 g/mol. The lowest BCUT2D eigenvalue weighted by Crippen LogP contribution is -2.30. The van der Waals surface area contributed by atoms with Crippen LogP contribution in [0.3, 0.4) is 0 Å². The molecule has 0 aliphatic carbocycles. The molecule has 1 amide bonds. The van der Waals surface area contributed by atoms with E-state index in [-0.39, 0.29) is 33.3 Å². The van der Waals surface area contributed by atoms with Crippen molar-refractivity contribution in [3.05, 3.63) is 51.5 Å². The van der Waals surface area contributed by atoms with Crippen molar-refractivity contribution in [2.24, 2.45) is 0 Å². The maximum atomic E-state index is 12.8. The number of ether oxygens (including phenoxy) is 1. The van der Waals surface area contributed by atoms with Crippen molar-refractivity contribution < 1.29 is 17.9 Å². The molecule has 2 aromatic rings. The van der Waals surface area contributed by atoms with E-state index in [4.69, 9.17) is 16.3 Å². The number of benzene rings is 2. The molecule has 0 heterocycles. The maximum absolute atomic E-state index is 12.8. The molecule has 0 aliphatic heterocycles. The SMILES string of the molecule is COc1ccc(Br)cc1S(=O)(=O)Nc1cc(C(=O)NC(C)C)ccc1Cl. The van der Waals surface area contributed by atoms with Crippen LogP contribution in [0.25, 0.3) is 0 Å². The summed E-state index contributed by atoms with van der Waals surface area (Å²) in [6.45, 7) is 3.66. The standard InChI is InChI=1S/C17H18BrClN2O4S/c1-10(2)20-17(22)11-4-6-13(19)14(8-11)21-26(23,24)16-9-12(18)5-7-15(16)25-3/h4-10,21H,1-3H3,(H,20,22). The van der Waals surface area contributed by atoms with Crippen LogP contribution in [-0.4, -0.2) is 27.5 Å². The van der Waals surface area contributed by atoms with E-state index in [1.165, 1.54) is 37.4 Å². The van der Waals surface area contributed by atoms with Gasteiger partial charge in [0.1, 0.15) is 10.6 Å². The Morgan fingerprint density at radius 2 is 1.88 bits per heavy atom. The normalized spacial score (nSPS) is 11.3. The van der Waals surface area contributed by atoms with Crippen LogP contribution in [-0.2, 0) is 10.0 Å². The molecule has 0 bridgehead atoms. The third-order valence-electron chi connectivity index (χ3n) is 3.31. The number of hydrogen-bond donors (Lipinski definition) is 2. The van der Waals surface area contributed by atoms with Crippen LogP contribution in [0.4, 0.5) is 5.69 Å². The first-order valence-corrected chi connectivity index (χ1v) is 10.3. The first kappa shape index (κ1) is 20.5.